The third kappa shape index (κ3) is 5.83. The zero-order valence-corrected chi connectivity index (χ0v) is 13.8. The van der Waals surface area contributed by atoms with Crippen molar-refractivity contribution in [2.75, 3.05) is 20.7 Å². The summed E-state index contributed by atoms with van der Waals surface area (Å²) in [4.78, 5) is 0. The van der Waals surface area contributed by atoms with Crippen molar-refractivity contribution in [3.05, 3.63) is 0 Å². The van der Waals surface area contributed by atoms with Crippen LogP contribution in [0.25, 0.3) is 0 Å². The van der Waals surface area contributed by atoms with Crippen LogP contribution >= 0.6 is 0 Å². The molecule has 19 heavy (non-hydrogen) atoms. The Balaban J connectivity index is 2.51. The molecule has 114 valence electrons. The van der Waals surface area contributed by atoms with Gasteiger partial charge in [-0.2, -0.15) is 0 Å². The lowest BCUT2D eigenvalue weighted by atomic mass is 9.70. The SMILES string of the molecule is CCCC1CCC(CNC)C(CCC(C)(C)OC)C1. The average molecular weight is 269 g/mol. The molecule has 3 unspecified atom stereocenters. The van der Waals surface area contributed by atoms with E-state index in [1.807, 2.05) is 7.11 Å². The van der Waals surface area contributed by atoms with Gasteiger partial charge in [0, 0.05) is 7.11 Å². The van der Waals surface area contributed by atoms with Gasteiger partial charge in [0.25, 0.3) is 0 Å². The van der Waals surface area contributed by atoms with Gasteiger partial charge in [0.15, 0.2) is 0 Å². The van der Waals surface area contributed by atoms with Crippen molar-refractivity contribution in [3.8, 4) is 0 Å². The normalized spacial score (nSPS) is 28.6. The quantitative estimate of drug-likeness (QED) is 0.711. The van der Waals surface area contributed by atoms with Gasteiger partial charge >= 0.3 is 0 Å². The largest absolute Gasteiger partial charge is 0.379 e. The smallest absolute Gasteiger partial charge is 0.0622 e. The predicted molar refractivity (Wildman–Crippen MR) is 83.5 cm³/mol. The molecule has 2 nitrogen and oxygen atoms in total. The fourth-order valence-electron chi connectivity index (χ4n) is 3.61. The molecular weight excluding hydrogens is 234 g/mol. The maximum atomic E-state index is 5.58. The highest BCUT2D eigenvalue weighted by Gasteiger charge is 2.31. The van der Waals surface area contributed by atoms with E-state index in [0.717, 1.165) is 17.8 Å². The topological polar surface area (TPSA) is 21.3 Å². The zero-order valence-electron chi connectivity index (χ0n) is 13.8. The molecule has 1 rings (SSSR count). The molecule has 0 spiro atoms. The second kappa shape index (κ2) is 8.26. The van der Waals surface area contributed by atoms with E-state index >= 15 is 0 Å². The second-order valence-electron chi connectivity index (χ2n) is 7.05. The molecule has 0 radical (unpaired) electrons. The van der Waals surface area contributed by atoms with E-state index in [4.69, 9.17) is 4.74 Å². The van der Waals surface area contributed by atoms with Crippen LogP contribution in [0.2, 0.25) is 0 Å². The molecule has 0 amide bonds. The second-order valence-corrected chi connectivity index (χ2v) is 7.05. The van der Waals surface area contributed by atoms with Crippen LogP contribution in [0.4, 0.5) is 0 Å². The minimum atomic E-state index is 0.0435. The standard InChI is InChI=1S/C17H35NO/c1-6-7-14-8-9-16(13-18-4)15(12-14)10-11-17(2,3)19-5/h14-16,18H,6-13H2,1-5H3. The Bertz CT molecular complexity index is 239. The predicted octanol–water partition coefficient (Wildman–Crippen LogP) is 4.24. The Hall–Kier alpha value is -0.0800. The van der Waals surface area contributed by atoms with E-state index in [0.29, 0.717) is 0 Å². The van der Waals surface area contributed by atoms with Gasteiger partial charge in [-0.05, 0) is 70.9 Å². The number of ether oxygens (including phenoxy) is 1. The Kier molecular flexibility index (Phi) is 7.38. The average Bonchev–Trinajstić information content (AvgIpc) is 2.39. The Morgan fingerprint density at radius 3 is 2.47 bits per heavy atom. The first-order chi connectivity index (χ1) is 9.02. The molecule has 0 saturated heterocycles. The number of hydrogen-bond acceptors (Lipinski definition) is 2. The molecule has 0 aromatic rings. The van der Waals surface area contributed by atoms with E-state index in [9.17, 15) is 0 Å². The van der Waals surface area contributed by atoms with Crippen LogP contribution in [0.3, 0.4) is 0 Å². The summed E-state index contributed by atoms with van der Waals surface area (Å²) in [6.07, 6.45) is 9.60. The van der Waals surface area contributed by atoms with Gasteiger partial charge in [-0.1, -0.05) is 26.2 Å². The maximum Gasteiger partial charge on any atom is 0.0622 e. The minimum absolute atomic E-state index is 0.0435. The van der Waals surface area contributed by atoms with Crippen molar-refractivity contribution in [2.24, 2.45) is 17.8 Å². The highest BCUT2D eigenvalue weighted by atomic mass is 16.5. The number of hydrogen-bond donors (Lipinski definition) is 1. The summed E-state index contributed by atoms with van der Waals surface area (Å²) < 4.78 is 5.58. The number of methoxy groups -OCH3 is 1. The Morgan fingerprint density at radius 2 is 1.89 bits per heavy atom. The van der Waals surface area contributed by atoms with Crippen LogP contribution in [0.1, 0.15) is 65.7 Å². The van der Waals surface area contributed by atoms with Crippen LogP contribution in [-0.2, 0) is 4.74 Å². The molecule has 0 heterocycles. The van der Waals surface area contributed by atoms with Gasteiger partial charge in [-0.25, -0.2) is 0 Å². The highest BCUT2D eigenvalue weighted by Crippen LogP contribution is 2.39. The van der Waals surface area contributed by atoms with E-state index in [1.54, 1.807) is 0 Å². The summed E-state index contributed by atoms with van der Waals surface area (Å²) in [7, 11) is 3.93. The molecule has 0 aromatic heterocycles. The van der Waals surface area contributed by atoms with E-state index < -0.39 is 0 Å². The van der Waals surface area contributed by atoms with Gasteiger partial charge in [0.05, 0.1) is 5.60 Å². The summed E-state index contributed by atoms with van der Waals surface area (Å²) in [5.41, 5.74) is 0.0435. The van der Waals surface area contributed by atoms with Crippen molar-refractivity contribution < 1.29 is 4.74 Å². The molecule has 0 aromatic carbocycles. The summed E-state index contributed by atoms with van der Waals surface area (Å²) in [5.74, 6) is 2.76. The van der Waals surface area contributed by atoms with E-state index in [-0.39, 0.29) is 5.60 Å². The van der Waals surface area contributed by atoms with Crippen molar-refractivity contribution in [2.45, 2.75) is 71.3 Å². The number of rotatable bonds is 8. The van der Waals surface area contributed by atoms with Crippen LogP contribution in [0.15, 0.2) is 0 Å². The van der Waals surface area contributed by atoms with Gasteiger partial charge < -0.3 is 10.1 Å². The fourth-order valence-corrected chi connectivity index (χ4v) is 3.61. The lowest BCUT2D eigenvalue weighted by Gasteiger charge is -2.38. The zero-order chi connectivity index (χ0) is 14.3. The van der Waals surface area contributed by atoms with Gasteiger partial charge in [-0.3, -0.25) is 0 Å². The fraction of sp³-hybridized carbons (Fsp3) is 1.00. The van der Waals surface area contributed by atoms with Crippen molar-refractivity contribution in [1.29, 1.82) is 0 Å². The molecule has 2 heteroatoms. The summed E-state index contributed by atoms with van der Waals surface area (Å²) in [6, 6.07) is 0. The van der Waals surface area contributed by atoms with Gasteiger partial charge in [0.1, 0.15) is 0 Å². The lowest BCUT2D eigenvalue weighted by Crippen LogP contribution is -2.33. The molecule has 0 aliphatic heterocycles. The monoisotopic (exact) mass is 269 g/mol. The first kappa shape index (κ1) is 17.0. The van der Waals surface area contributed by atoms with E-state index in [2.05, 4.69) is 33.1 Å². The molecule has 1 aliphatic carbocycles. The third-order valence-electron chi connectivity index (χ3n) is 5.08. The van der Waals surface area contributed by atoms with Crippen molar-refractivity contribution >= 4 is 0 Å². The molecule has 0 bridgehead atoms. The molecule has 3 atom stereocenters. The summed E-state index contributed by atoms with van der Waals surface area (Å²) in [6.45, 7) is 7.94. The molecule has 1 saturated carbocycles. The van der Waals surface area contributed by atoms with Crippen molar-refractivity contribution in [1.82, 2.24) is 5.32 Å². The first-order valence-corrected chi connectivity index (χ1v) is 8.22. The van der Waals surface area contributed by atoms with Crippen molar-refractivity contribution in [3.63, 3.8) is 0 Å². The first-order valence-electron chi connectivity index (χ1n) is 8.22. The lowest BCUT2D eigenvalue weighted by molar-refractivity contribution is 0.00439. The highest BCUT2D eigenvalue weighted by molar-refractivity contribution is 4.83. The molecular formula is C17H35NO. The van der Waals surface area contributed by atoms with Crippen LogP contribution in [0, 0.1) is 17.8 Å². The Labute approximate surface area is 120 Å². The Morgan fingerprint density at radius 1 is 1.16 bits per heavy atom. The molecule has 1 aliphatic rings. The van der Waals surface area contributed by atoms with Gasteiger partial charge in [-0.15, -0.1) is 0 Å². The molecule has 1 fully saturated rings. The van der Waals surface area contributed by atoms with Crippen LogP contribution in [-0.4, -0.2) is 26.3 Å². The maximum absolute atomic E-state index is 5.58. The number of nitrogens with one attached hydrogen (secondary N) is 1. The van der Waals surface area contributed by atoms with Gasteiger partial charge in [0.2, 0.25) is 0 Å². The van der Waals surface area contributed by atoms with Crippen LogP contribution < -0.4 is 5.32 Å². The molecule has 1 N–H and O–H groups in total. The third-order valence-corrected chi connectivity index (χ3v) is 5.08. The summed E-state index contributed by atoms with van der Waals surface area (Å²) >= 11 is 0. The summed E-state index contributed by atoms with van der Waals surface area (Å²) in [5, 5.41) is 3.39. The minimum Gasteiger partial charge on any atom is -0.379 e. The van der Waals surface area contributed by atoms with Crippen LogP contribution in [0.5, 0.6) is 0 Å². The van der Waals surface area contributed by atoms with E-state index in [1.165, 1.54) is 51.5 Å².